The lowest BCUT2D eigenvalue weighted by Gasteiger charge is -1.97. The van der Waals surface area contributed by atoms with Crippen molar-refractivity contribution in [3.8, 4) is 0 Å². The summed E-state index contributed by atoms with van der Waals surface area (Å²) < 4.78 is 0. The molecule has 0 saturated carbocycles. The van der Waals surface area contributed by atoms with Gasteiger partial charge in [0.05, 0.1) is 11.2 Å². The van der Waals surface area contributed by atoms with E-state index in [9.17, 15) is 0 Å². The number of unbranched alkanes of at least 4 members (excludes halogenated alkanes) is 3. The largest absolute Gasteiger partial charge is 0.250 e. The highest BCUT2D eigenvalue weighted by Gasteiger charge is 1.99. The van der Waals surface area contributed by atoms with E-state index >= 15 is 0 Å². The molecule has 1 aromatic rings. The van der Waals surface area contributed by atoms with Crippen molar-refractivity contribution >= 4 is 11.3 Å². The molecule has 2 heteroatoms. The van der Waals surface area contributed by atoms with Crippen molar-refractivity contribution in [3.05, 3.63) is 23.0 Å². The quantitative estimate of drug-likeness (QED) is 0.636. The zero-order valence-corrected chi connectivity index (χ0v) is 8.49. The zero-order valence-electron chi connectivity index (χ0n) is 7.68. The van der Waals surface area contributed by atoms with Crippen LogP contribution in [0.25, 0.3) is 0 Å². The van der Waals surface area contributed by atoms with Crippen LogP contribution < -0.4 is 0 Å². The number of hydrogen-bond donors (Lipinski definition) is 0. The van der Waals surface area contributed by atoms with E-state index in [1.807, 2.05) is 5.51 Å². The van der Waals surface area contributed by atoms with Crippen LogP contribution >= 0.6 is 11.3 Å². The fourth-order valence-corrected chi connectivity index (χ4v) is 2.03. The van der Waals surface area contributed by atoms with E-state index in [0.717, 1.165) is 6.42 Å². The second-order valence-electron chi connectivity index (χ2n) is 3.03. The Kier molecular flexibility index (Phi) is 4.30. The molecule has 0 aliphatic rings. The molecule has 12 heavy (non-hydrogen) atoms. The van der Waals surface area contributed by atoms with E-state index in [1.165, 1.54) is 36.3 Å². The number of hydrogen-bond acceptors (Lipinski definition) is 2. The smallest absolute Gasteiger partial charge is 0.0797 e. The maximum Gasteiger partial charge on any atom is 0.0797 e. The van der Waals surface area contributed by atoms with Crippen molar-refractivity contribution in [2.75, 3.05) is 0 Å². The third kappa shape index (κ3) is 2.94. The molecular weight excluding hydrogens is 166 g/mol. The normalized spacial score (nSPS) is 10.5. The Morgan fingerprint density at radius 3 is 2.83 bits per heavy atom. The molecule has 1 aromatic heterocycles. The highest BCUT2D eigenvalue weighted by atomic mass is 32.1. The van der Waals surface area contributed by atoms with Gasteiger partial charge in [0.15, 0.2) is 0 Å². The zero-order chi connectivity index (χ0) is 8.81. The first-order valence-corrected chi connectivity index (χ1v) is 5.40. The van der Waals surface area contributed by atoms with Gasteiger partial charge in [0, 0.05) is 4.88 Å². The summed E-state index contributed by atoms with van der Waals surface area (Å²) in [6.07, 6.45) is 6.13. The highest BCUT2D eigenvalue weighted by molar-refractivity contribution is 7.09. The van der Waals surface area contributed by atoms with Crippen LogP contribution in [0.5, 0.6) is 0 Å². The van der Waals surface area contributed by atoms with Gasteiger partial charge in [-0.3, -0.25) is 0 Å². The van der Waals surface area contributed by atoms with Gasteiger partial charge in [-0.1, -0.05) is 26.2 Å². The van der Waals surface area contributed by atoms with Crippen LogP contribution in [0.15, 0.2) is 5.51 Å². The Morgan fingerprint density at radius 1 is 1.42 bits per heavy atom. The maximum absolute atomic E-state index is 4.22. The first-order valence-electron chi connectivity index (χ1n) is 4.53. The van der Waals surface area contributed by atoms with Gasteiger partial charge < -0.3 is 0 Å². The molecular formula is C10H16NS. The minimum absolute atomic E-state index is 1.07. The lowest BCUT2D eigenvalue weighted by atomic mass is 10.1. The Bertz CT molecular complexity index is 217. The molecule has 0 aliphatic heterocycles. The Hall–Kier alpha value is -0.370. The van der Waals surface area contributed by atoms with Gasteiger partial charge in [0.25, 0.3) is 0 Å². The van der Waals surface area contributed by atoms with Crippen LogP contribution in [0, 0.1) is 13.8 Å². The van der Waals surface area contributed by atoms with Crippen molar-refractivity contribution in [1.82, 2.24) is 4.98 Å². The summed E-state index contributed by atoms with van der Waals surface area (Å²) in [4.78, 5) is 5.68. The number of thiazole rings is 1. The van der Waals surface area contributed by atoms with Crippen molar-refractivity contribution in [2.45, 2.75) is 39.0 Å². The Labute approximate surface area is 78.8 Å². The third-order valence-electron chi connectivity index (χ3n) is 2.00. The SMILES string of the molecule is [CH2]CCCCCc1scnc1C. The van der Waals surface area contributed by atoms with Crippen molar-refractivity contribution in [3.63, 3.8) is 0 Å². The van der Waals surface area contributed by atoms with Gasteiger partial charge in [-0.25, -0.2) is 4.98 Å². The van der Waals surface area contributed by atoms with Gasteiger partial charge in [-0.2, -0.15) is 0 Å². The van der Waals surface area contributed by atoms with Crippen LogP contribution in [0.4, 0.5) is 0 Å². The monoisotopic (exact) mass is 182 g/mol. The van der Waals surface area contributed by atoms with Crippen LogP contribution in [-0.4, -0.2) is 4.98 Å². The molecule has 0 spiro atoms. The van der Waals surface area contributed by atoms with Gasteiger partial charge in [0.2, 0.25) is 0 Å². The van der Waals surface area contributed by atoms with Crippen molar-refractivity contribution in [2.24, 2.45) is 0 Å². The van der Waals surface area contributed by atoms with Crippen LogP contribution in [0.1, 0.15) is 36.3 Å². The van der Waals surface area contributed by atoms with Crippen molar-refractivity contribution < 1.29 is 0 Å². The third-order valence-corrected chi connectivity index (χ3v) is 2.99. The summed E-state index contributed by atoms with van der Waals surface area (Å²) >= 11 is 1.78. The molecule has 0 saturated heterocycles. The minimum Gasteiger partial charge on any atom is -0.250 e. The fourth-order valence-electron chi connectivity index (χ4n) is 1.21. The molecule has 1 rings (SSSR count). The van der Waals surface area contributed by atoms with Crippen LogP contribution in [-0.2, 0) is 6.42 Å². The summed E-state index contributed by atoms with van der Waals surface area (Å²) in [5.74, 6) is 0. The van der Waals surface area contributed by atoms with Crippen LogP contribution in [0.3, 0.4) is 0 Å². The second kappa shape index (κ2) is 5.31. The maximum atomic E-state index is 4.22. The molecule has 0 N–H and O–H groups in total. The molecule has 0 amide bonds. The lowest BCUT2D eigenvalue weighted by molar-refractivity contribution is 0.688. The van der Waals surface area contributed by atoms with E-state index in [-0.39, 0.29) is 0 Å². The van der Waals surface area contributed by atoms with Gasteiger partial charge in [0.1, 0.15) is 0 Å². The summed E-state index contributed by atoms with van der Waals surface area (Å²) in [6.45, 7) is 5.92. The second-order valence-corrected chi connectivity index (χ2v) is 3.96. The topological polar surface area (TPSA) is 12.9 Å². The number of nitrogens with zero attached hydrogens (tertiary/aromatic N) is 1. The van der Waals surface area contributed by atoms with E-state index in [2.05, 4.69) is 18.8 Å². The average Bonchev–Trinajstić information content (AvgIpc) is 2.46. The van der Waals surface area contributed by atoms with Crippen molar-refractivity contribution in [1.29, 1.82) is 0 Å². The molecule has 1 heterocycles. The molecule has 0 atom stereocenters. The average molecular weight is 182 g/mol. The number of aryl methyl sites for hydroxylation is 2. The molecule has 0 fully saturated rings. The van der Waals surface area contributed by atoms with E-state index in [4.69, 9.17) is 0 Å². The summed E-state index contributed by atoms with van der Waals surface area (Å²) in [5.41, 5.74) is 3.15. The van der Waals surface area contributed by atoms with Gasteiger partial charge in [-0.05, 0) is 19.8 Å². The molecule has 67 valence electrons. The first kappa shape index (κ1) is 9.72. The molecule has 0 unspecified atom stereocenters. The van der Waals surface area contributed by atoms with Gasteiger partial charge >= 0.3 is 0 Å². The minimum atomic E-state index is 1.07. The number of rotatable bonds is 5. The predicted octanol–water partition coefficient (Wildman–Crippen LogP) is 3.39. The summed E-state index contributed by atoms with van der Waals surface area (Å²) in [5, 5.41) is 0. The standard InChI is InChI=1S/C10H16NS/c1-3-4-5-6-7-10-9(2)11-8-12-10/h8H,1,3-7H2,2H3. The highest BCUT2D eigenvalue weighted by Crippen LogP contribution is 2.15. The summed E-state index contributed by atoms with van der Waals surface area (Å²) in [6, 6.07) is 0. The molecule has 1 radical (unpaired) electrons. The Balaban J connectivity index is 2.20. The van der Waals surface area contributed by atoms with E-state index < -0.39 is 0 Å². The molecule has 0 aromatic carbocycles. The molecule has 0 bridgehead atoms. The van der Waals surface area contributed by atoms with E-state index in [1.54, 1.807) is 11.3 Å². The first-order chi connectivity index (χ1) is 5.84. The fraction of sp³-hybridized carbons (Fsp3) is 0.600. The predicted molar refractivity (Wildman–Crippen MR) is 54.4 cm³/mol. The summed E-state index contributed by atoms with van der Waals surface area (Å²) in [7, 11) is 0. The number of aromatic nitrogens is 1. The van der Waals surface area contributed by atoms with Crippen LogP contribution in [0.2, 0.25) is 0 Å². The Morgan fingerprint density at radius 2 is 2.25 bits per heavy atom. The molecule has 0 aliphatic carbocycles. The van der Waals surface area contributed by atoms with E-state index in [0.29, 0.717) is 0 Å². The molecule has 1 nitrogen and oxygen atoms in total. The van der Waals surface area contributed by atoms with Gasteiger partial charge in [-0.15, -0.1) is 11.3 Å². The lowest BCUT2D eigenvalue weighted by Crippen LogP contribution is -1.85.